The summed E-state index contributed by atoms with van der Waals surface area (Å²) in [5.74, 6) is 1.31. The molecule has 0 saturated heterocycles. The molecule has 0 radical (unpaired) electrons. The molecule has 0 atom stereocenters. The summed E-state index contributed by atoms with van der Waals surface area (Å²) in [6.07, 6.45) is 0. The fourth-order valence-corrected chi connectivity index (χ4v) is 3.86. The smallest absolute Gasteiger partial charge is 0.280 e. The van der Waals surface area contributed by atoms with E-state index in [1.807, 2.05) is 37.3 Å². The minimum atomic E-state index is -0.391. The molecule has 1 N–H and O–H groups in total. The van der Waals surface area contributed by atoms with Crippen molar-refractivity contribution in [3.05, 3.63) is 65.0 Å². The van der Waals surface area contributed by atoms with Crippen LogP contribution in [0.1, 0.15) is 27.4 Å². The summed E-state index contributed by atoms with van der Waals surface area (Å²) in [5, 5.41) is 7.24. The fourth-order valence-electron chi connectivity index (χ4n) is 2.92. The van der Waals surface area contributed by atoms with Crippen molar-refractivity contribution in [3.63, 3.8) is 0 Å². The first kappa shape index (κ1) is 18.9. The number of para-hydroxylation sites is 3. The van der Waals surface area contributed by atoms with Crippen LogP contribution in [0.25, 0.3) is 10.2 Å². The van der Waals surface area contributed by atoms with Gasteiger partial charge in [-0.2, -0.15) is 0 Å². The first-order valence-electron chi connectivity index (χ1n) is 8.95. The number of methoxy groups -OCH3 is 1. The molecule has 2 heterocycles. The van der Waals surface area contributed by atoms with Crippen molar-refractivity contribution in [3.8, 4) is 11.5 Å². The zero-order valence-electron chi connectivity index (χ0n) is 16.2. The predicted molar refractivity (Wildman–Crippen MR) is 111 cm³/mol. The lowest BCUT2D eigenvalue weighted by molar-refractivity contribution is 0.101. The monoisotopic (exact) mass is 409 g/mol. The minimum absolute atomic E-state index is 0.122. The lowest BCUT2D eigenvalue weighted by atomic mass is 10.2. The molecule has 2 aromatic carbocycles. The molecule has 8 heteroatoms. The Morgan fingerprint density at radius 3 is 2.69 bits per heavy atom. The third kappa shape index (κ3) is 3.79. The quantitative estimate of drug-likeness (QED) is 0.495. The molecular formula is C21H19N3O4S. The van der Waals surface area contributed by atoms with Gasteiger partial charge in [-0.15, -0.1) is 0 Å². The van der Waals surface area contributed by atoms with Crippen LogP contribution in [0.5, 0.6) is 11.5 Å². The lowest BCUT2D eigenvalue weighted by Gasteiger charge is -2.10. The van der Waals surface area contributed by atoms with Crippen LogP contribution in [-0.4, -0.2) is 23.2 Å². The number of thiazole rings is 1. The lowest BCUT2D eigenvalue weighted by Crippen LogP contribution is -2.15. The van der Waals surface area contributed by atoms with E-state index in [2.05, 4.69) is 15.5 Å². The number of benzene rings is 2. The molecule has 0 aliphatic rings. The molecule has 0 unspecified atom stereocenters. The van der Waals surface area contributed by atoms with Gasteiger partial charge in [0.2, 0.25) is 0 Å². The maximum absolute atomic E-state index is 12.8. The second-order valence-corrected chi connectivity index (χ2v) is 7.43. The average Bonchev–Trinajstić information content (AvgIpc) is 3.30. The van der Waals surface area contributed by atoms with E-state index in [1.54, 1.807) is 26.2 Å². The highest BCUT2D eigenvalue weighted by Crippen LogP contribution is 2.30. The zero-order valence-corrected chi connectivity index (χ0v) is 17.0. The highest BCUT2D eigenvalue weighted by molar-refractivity contribution is 7.22. The van der Waals surface area contributed by atoms with Gasteiger partial charge in [0.1, 0.15) is 12.4 Å². The largest absolute Gasteiger partial charge is 0.493 e. The van der Waals surface area contributed by atoms with Gasteiger partial charge in [-0.05, 0) is 37.6 Å². The molecule has 4 rings (SSSR count). The number of aromatic nitrogens is 2. The summed E-state index contributed by atoms with van der Waals surface area (Å²) in [4.78, 5) is 17.3. The Morgan fingerprint density at radius 2 is 1.93 bits per heavy atom. The van der Waals surface area contributed by atoms with Gasteiger partial charge >= 0.3 is 0 Å². The Balaban J connectivity index is 1.54. The number of nitrogens with one attached hydrogen (secondary N) is 1. The molecule has 4 aromatic rings. The first-order valence-corrected chi connectivity index (χ1v) is 9.77. The van der Waals surface area contributed by atoms with Crippen LogP contribution in [0.4, 0.5) is 5.13 Å². The topological polar surface area (TPSA) is 86.5 Å². The van der Waals surface area contributed by atoms with Crippen LogP contribution < -0.4 is 14.8 Å². The molecule has 0 fully saturated rings. The van der Waals surface area contributed by atoms with Gasteiger partial charge in [0.25, 0.3) is 5.91 Å². The standard InChI is InChI=1S/C21H19N3O4S/c1-12-7-6-10-17-18(12)22-21(29-17)23-20(25)19-14(13(2)28-24-19)11-27-16-9-5-4-8-15(16)26-3/h4-10H,11H2,1-3H3,(H,22,23,25). The number of fused-ring (bicyclic) bond motifs is 1. The molecule has 29 heavy (non-hydrogen) atoms. The number of aryl methyl sites for hydroxylation is 2. The van der Waals surface area contributed by atoms with Gasteiger partial charge in [0, 0.05) is 0 Å². The van der Waals surface area contributed by atoms with E-state index in [-0.39, 0.29) is 12.3 Å². The summed E-state index contributed by atoms with van der Waals surface area (Å²) in [5.41, 5.74) is 2.69. The van der Waals surface area contributed by atoms with Gasteiger partial charge in [-0.3, -0.25) is 10.1 Å². The highest BCUT2D eigenvalue weighted by Gasteiger charge is 2.22. The molecule has 148 valence electrons. The Labute approximate surface area is 171 Å². The molecular weight excluding hydrogens is 390 g/mol. The van der Waals surface area contributed by atoms with E-state index in [1.165, 1.54) is 11.3 Å². The zero-order chi connectivity index (χ0) is 20.4. The van der Waals surface area contributed by atoms with Crippen LogP contribution in [0.2, 0.25) is 0 Å². The summed E-state index contributed by atoms with van der Waals surface area (Å²) >= 11 is 1.41. The van der Waals surface area contributed by atoms with Crippen LogP contribution in [0, 0.1) is 13.8 Å². The Morgan fingerprint density at radius 1 is 1.14 bits per heavy atom. The summed E-state index contributed by atoms with van der Waals surface area (Å²) in [7, 11) is 1.57. The van der Waals surface area contributed by atoms with Crippen LogP contribution in [0.15, 0.2) is 47.0 Å². The number of hydrogen-bond acceptors (Lipinski definition) is 7. The van der Waals surface area contributed by atoms with Crippen molar-refractivity contribution in [2.75, 3.05) is 12.4 Å². The number of carbonyl (C=O) groups excluding carboxylic acids is 1. The van der Waals surface area contributed by atoms with E-state index < -0.39 is 5.91 Å². The van der Waals surface area contributed by atoms with Gasteiger partial charge in [-0.25, -0.2) is 4.98 Å². The summed E-state index contributed by atoms with van der Waals surface area (Å²) < 4.78 is 17.4. The number of rotatable bonds is 6. The molecule has 0 saturated carbocycles. The van der Waals surface area contributed by atoms with E-state index >= 15 is 0 Å². The van der Waals surface area contributed by atoms with E-state index in [4.69, 9.17) is 14.0 Å². The maximum atomic E-state index is 12.8. The number of hydrogen-bond donors (Lipinski definition) is 1. The van der Waals surface area contributed by atoms with Crippen LogP contribution in [-0.2, 0) is 6.61 Å². The predicted octanol–water partition coefficient (Wildman–Crippen LogP) is 4.74. The van der Waals surface area contributed by atoms with Gasteiger partial charge in [0.15, 0.2) is 22.3 Å². The molecule has 0 spiro atoms. The Hall–Kier alpha value is -3.39. The van der Waals surface area contributed by atoms with Crippen LogP contribution >= 0.6 is 11.3 Å². The molecule has 0 bridgehead atoms. The summed E-state index contributed by atoms with van der Waals surface area (Å²) in [6, 6.07) is 13.2. The molecule has 1 amide bonds. The summed E-state index contributed by atoms with van der Waals surface area (Å²) in [6.45, 7) is 3.85. The van der Waals surface area contributed by atoms with Gasteiger partial charge in [-0.1, -0.05) is 40.8 Å². The second kappa shape index (κ2) is 7.92. The van der Waals surface area contributed by atoms with E-state index in [0.717, 1.165) is 15.8 Å². The molecule has 0 aliphatic carbocycles. The number of ether oxygens (including phenoxy) is 2. The van der Waals surface area contributed by atoms with E-state index in [9.17, 15) is 4.79 Å². The van der Waals surface area contributed by atoms with Crippen LogP contribution in [0.3, 0.4) is 0 Å². The van der Waals surface area contributed by atoms with Crippen molar-refractivity contribution < 1.29 is 18.8 Å². The molecule has 2 aromatic heterocycles. The number of amides is 1. The Bertz CT molecular complexity index is 1180. The average molecular weight is 409 g/mol. The maximum Gasteiger partial charge on any atom is 0.280 e. The fraction of sp³-hybridized carbons (Fsp3) is 0.190. The van der Waals surface area contributed by atoms with Crippen molar-refractivity contribution >= 4 is 32.6 Å². The van der Waals surface area contributed by atoms with Gasteiger partial charge in [0.05, 0.1) is 22.9 Å². The molecule has 7 nitrogen and oxygen atoms in total. The van der Waals surface area contributed by atoms with Crippen molar-refractivity contribution in [1.29, 1.82) is 0 Å². The first-order chi connectivity index (χ1) is 14.1. The minimum Gasteiger partial charge on any atom is -0.493 e. The number of carbonyl (C=O) groups is 1. The van der Waals surface area contributed by atoms with Gasteiger partial charge < -0.3 is 14.0 Å². The van der Waals surface area contributed by atoms with E-state index in [0.29, 0.717) is 28.0 Å². The second-order valence-electron chi connectivity index (χ2n) is 6.40. The molecule has 0 aliphatic heterocycles. The number of nitrogens with zero attached hydrogens (tertiary/aromatic N) is 2. The van der Waals surface area contributed by atoms with Crippen molar-refractivity contribution in [2.45, 2.75) is 20.5 Å². The number of anilines is 1. The van der Waals surface area contributed by atoms with Crippen molar-refractivity contribution in [1.82, 2.24) is 10.1 Å². The SMILES string of the molecule is COc1ccccc1OCc1c(C(=O)Nc2nc3c(C)cccc3s2)noc1C. The normalized spacial score (nSPS) is 10.9. The highest BCUT2D eigenvalue weighted by atomic mass is 32.1. The van der Waals surface area contributed by atoms with Crippen molar-refractivity contribution in [2.24, 2.45) is 0 Å². The third-order valence-electron chi connectivity index (χ3n) is 4.48. The Kier molecular flexibility index (Phi) is 5.18. The third-order valence-corrected chi connectivity index (χ3v) is 5.42.